The summed E-state index contributed by atoms with van der Waals surface area (Å²) in [4.78, 5) is 4.37. The number of nitrogens with zero attached hydrogens (tertiary/aromatic N) is 3. The van der Waals surface area contributed by atoms with Crippen LogP contribution in [-0.4, -0.2) is 15.2 Å². The quantitative estimate of drug-likeness (QED) is 0.520. The molecule has 0 amide bonds. The van der Waals surface area contributed by atoms with Crippen molar-refractivity contribution in [3.8, 4) is 11.5 Å². The minimum atomic E-state index is -0.397. The average molecular weight is 327 g/mol. The smallest absolute Gasteiger partial charge is 0.277 e. The number of rotatable bonds is 4. The summed E-state index contributed by atoms with van der Waals surface area (Å²) in [5.74, 6) is 0.782. The van der Waals surface area contributed by atoms with Gasteiger partial charge in [-0.2, -0.15) is 0 Å². The first-order valence-corrected chi connectivity index (χ1v) is 7.84. The fraction of sp³-hybridized carbons (Fsp3) is 0.0625. The third-order valence-corrected chi connectivity index (χ3v) is 3.97. The van der Waals surface area contributed by atoms with Crippen molar-refractivity contribution in [1.29, 1.82) is 0 Å². The van der Waals surface area contributed by atoms with Crippen LogP contribution >= 0.6 is 11.8 Å². The van der Waals surface area contributed by atoms with Crippen LogP contribution in [0.3, 0.4) is 0 Å². The van der Waals surface area contributed by atoms with E-state index >= 15 is 0 Å². The van der Waals surface area contributed by atoms with E-state index in [9.17, 15) is 4.39 Å². The summed E-state index contributed by atoms with van der Waals surface area (Å²) < 4.78 is 24.8. The maximum Gasteiger partial charge on any atom is 0.277 e. The largest absolute Gasteiger partial charge is 0.440 e. The van der Waals surface area contributed by atoms with Gasteiger partial charge in [-0.3, -0.25) is 0 Å². The predicted octanol–water partition coefficient (Wildman–Crippen LogP) is 4.31. The number of fused-ring (bicyclic) bond motifs is 1. The zero-order valence-corrected chi connectivity index (χ0v) is 12.6. The van der Waals surface area contributed by atoms with E-state index in [-0.39, 0.29) is 11.5 Å². The van der Waals surface area contributed by atoms with Gasteiger partial charge >= 0.3 is 0 Å². The number of benzene rings is 2. The number of thioether (sulfide) groups is 1. The molecule has 0 aliphatic rings. The number of hydrogen-bond acceptors (Lipinski definition) is 6. The summed E-state index contributed by atoms with van der Waals surface area (Å²) in [5.41, 5.74) is 1.83. The topological polar surface area (TPSA) is 65.0 Å². The Labute approximate surface area is 134 Å². The Bertz CT molecular complexity index is 934. The molecule has 5 nitrogen and oxygen atoms in total. The van der Waals surface area contributed by atoms with Crippen molar-refractivity contribution in [2.45, 2.75) is 11.0 Å². The molecule has 0 spiro atoms. The number of hydrogen-bond donors (Lipinski definition) is 0. The molecular weight excluding hydrogens is 317 g/mol. The van der Waals surface area contributed by atoms with Crippen molar-refractivity contribution in [3.63, 3.8) is 0 Å². The molecule has 0 atom stereocenters. The van der Waals surface area contributed by atoms with Gasteiger partial charge in [-0.25, -0.2) is 9.37 Å². The van der Waals surface area contributed by atoms with Gasteiger partial charge < -0.3 is 8.83 Å². The minimum Gasteiger partial charge on any atom is -0.440 e. The first kappa shape index (κ1) is 14.0. The molecule has 4 aromatic rings. The molecule has 0 fully saturated rings. The Balaban J connectivity index is 1.51. The summed E-state index contributed by atoms with van der Waals surface area (Å²) in [6, 6.07) is 13.8. The maximum atomic E-state index is 13.7. The van der Waals surface area contributed by atoms with Crippen molar-refractivity contribution in [2.24, 2.45) is 0 Å². The van der Waals surface area contributed by atoms with Gasteiger partial charge in [0.1, 0.15) is 11.3 Å². The second-order valence-corrected chi connectivity index (χ2v) is 5.64. The minimum absolute atomic E-state index is 0.156. The molecule has 0 aliphatic carbocycles. The molecule has 2 aromatic carbocycles. The van der Waals surface area contributed by atoms with Crippen molar-refractivity contribution >= 4 is 22.9 Å². The van der Waals surface area contributed by atoms with Crippen molar-refractivity contribution in [2.75, 3.05) is 0 Å². The monoisotopic (exact) mass is 327 g/mol. The van der Waals surface area contributed by atoms with Crippen molar-refractivity contribution in [1.82, 2.24) is 15.2 Å². The lowest BCUT2D eigenvalue weighted by atomic mass is 10.2. The van der Waals surface area contributed by atoms with Gasteiger partial charge in [0, 0.05) is 0 Å². The van der Waals surface area contributed by atoms with Crippen molar-refractivity contribution in [3.05, 3.63) is 60.2 Å². The summed E-state index contributed by atoms with van der Waals surface area (Å²) in [6.07, 6.45) is 0. The van der Waals surface area contributed by atoms with E-state index in [2.05, 4.69) is 15.2 Å². The normalized spacial score (nSPS) is 11.2. The van der Waals surface area contributed by atoms with Crippen LogP contribution in [0.1, 0.15) is 5.89 Å². The molecule has 114 valence electrons. The molecule has 2 aromatic heterocycles. The summed E-state index contributed by atoms with van der Waals surface area (Å²) >= 11 is 1.29. The molecule has 4 rings (SSSR count). The third kappa shape index (κ3) is 2.83. The first-order valence-electron chi connectivity index (χ1n) is 6.85. The van der Waals surface area contributed by atoms with Crippen LogP contribution in [0.5, 0.6) is 0 Å². The van der Waals surface area contributed by atoms with Crippen LogP contribution in [0, 0.1) is 5.82 Å². The van der Waals surface area contributed by atoms with Gasteiger partial charge in [-0.05, 0) is 24.3 Å². The molecule has 0 saturated heterocycles. The van der Waals surface area contributed by atoms with E-state index in [1.807, 2.05) is 24.3 Å². The highest BCUT2D eigenvalue weighted by Gasteiger charge is 2.14. The van der Waals surface area contributed by atoms with Crippen LogP contribution < -0.4 is 0 Å². The van der Waals surface area contributed by atoms with Gasteiger partial charge in [0.15, 0.2) is 5.58 Å². The molecule has 0 aliphatic heterocycles. The highest BCUT2D eigenvalue weighted by Crippen LogP contribution is 2.27. The number of halogens is 1. The lowest BCUT2D eigenvalue weighted by Gasteiger charge is -1.95. The van der Waals surface area contributed by atoms with Gasteiger partial charge in [0.25, 0.3) is 11.1 Å². The molecule has 0 bridgehead atoms. The third-order valence-electron chi connectivity index (χ3n) is 3.17. The van der Waals surface area contributed by atoms with Gasteiger partial charge in [-0.1, -0.05) is 36.0 Å². The highest BCUT2D eigenvalue weighted by atomic mass is 32.2. The van der Waals surface area contributed by atoms with Crippen LogP contribution in [0.2, 0.25) is 0 Å². The molecule has 2 heterocycles. The van der Waals surface area contributed by atoms with Crippen molar-refractivity contribution < 1.29 is 13.2 Å². The van der Waals surface area contributed by atoms with Crippen LogP contribution in [-0.2, 0) is 5.75 Å². The molecule has 0 unspecified atom stereocenters. The molecule has 0 radical (unpaired) electrons. The Kier molecular flexibility index (Phi) is 3.55. The summed E-state index contributed by atoms with van der Waals surface area (Å²) in [5, 5.41) is 8.13. The fourth-order valence-electron chi connectivity index (χ4n) is 2.12. The van der Waals surface area contributed by atoms with Gasteiger partial charge in [0.05, 0.1) is 11.3 Å². The molecular formula is C16H10FN3O2S. The van der Waals surface area contributed by atoms with E-state index < -0.39 is 5.82 Å². The molecule has 0 N–H and O–H groups in total. The van der Waals surface area contributed by atoms with E-state index in [0.29, 0.717) is 16.9 Å². The zero-order valence-electron chi connectivity index (χ0n) is 11.8. The average Bonchev–Trinajstić information content (AvgIpc) is 3.19. The molecule has 23 heavy (non-hydrogen) atoms. The lowest BCUT2D eigenvalue weighted by Crippen LogP contribution is -1.82. The predicted molar refractivity (Wildman–Crippen MR) is 83.3 cm³/mol. The second kappa shape index (κ2) is 5.85. The summed E-state index contributed by atoms with van der Waals surface area (Å²) in [7, 11) is 0. The SMILES string of the molecule is Fc1ccccc1-c1nnc(SCc2nc3ccccc3o2)o1. The van der Waals surface area contributed by atoms with Crippen LogP contribution in [0.4, 0.5) is 4.39 Å². The van der Waals surface area contributed by atoms with E-state index in [1.165, 1.54) is 17.8 Å². The standard InChI is InChI=1S/C16H10FN3O2S/c17-11-6-2-1-5-10(11)15-19-20-16(22-15)23-9-14-18-12-7-3-4-8-13(12)21-14/h1-8H,9H2. The second-order valence-electron chi connectivity index (χ2n) is 4.72. The number of oxazole rings is 1. The first-order chi connectivity index (χ1) is 11.3. The number of para-hydroxylation sites is 2. The Morgan fingerprint density at radius 3 is 2.65 bits per heavy atom. The fourth-order valence-corrected chi connectivity index (χ4v) is 2.72. The highest BCUT2D eigenvalue weighted by molar-refractivity contribution is 7.98. The zero-order chi connectivity index (χ0) is 15.6. The van der Waals surface area contributed by atoms with Gasteiger partial charge in [-0.15, -0.1) is 10.2 Å². The Morgan fingerprint density at radius 1 is 0.957 bits per heavy atom. The van der Waals surface area contributed by atoms with E-state index in [4.69, 9.17) is 8.83 Å². The molecule has 0 saturated carbocycles. The number of aromatic nitrogens is 3. The van der Waals surface area contributed by atoms with E-state index in [1.54, 1.807) is 18.2 Å². The van der Waals surface area contributed by atoms with Crippen LogP contribution in [0.25, 0.3) is 22.6 Å². The molecule has 7 heteroatoms. The Hall–Kier alpha value is -2.67. The summed E-state index contributed by atoms with van der Waals surface area (Å²) in [6.45, 7) is 0. The van der Waals surface area contributed by atoms with Gasteiger partial charge in [0.2, 0.25) is 5.89 Å². The Morgan fingerprint density at radius 2 is 1.78 bits per heavy atom. The van der Waals surface area contributed by atoms with E-state index in [0.717, 1.165) is 11.1 Å². The maximum absolute atomic E-state index is 13.7. The lowest BCUT2D eigenvalue weighted by molar-refractivity contribution is 0.461. The van der Waals surface area contributed by atoms with Crippen LogP contribution in [0.15, 0.2) is 62.6 Å².